The molecule has 4 aliphatic heterocycles. The van der Waals surface area contributed by atoms with E-state index >= 15 is 0 Å². The number of hydrogen-bond donors (Lipinski definition) is 10. The quantitative estimate of drug-likeness (QED) is 0.0282. The van der Waals surface area contributed by atoms with Gasteiger partial charge in [0.05, 0.1) is 106 Å². The Hall–Kier alpha value is -12.8. The second kappa shape index (κ2) is 44.8. The molecule has 129 heavy (non-hydrogen) atoms. The highest BCUT2D eigenvalue weighted by atomic mass is 35.5. The van der Waals surface area contributed by atoms with Gasteiger partial charge in [0.15, 0.2) is 0 Å². The van der Waals surface area contributed by atoms with Crippen LogP contribution in [0.4, 0.5) is 19.2 Å². The maximum absolute atomic E-state index is 13.9. The number of aromatic nitrogens is 8. The smallest absolute Gasteiger partial charge is 0.407 e. The molecule has 4 aliphatic rings. The lowest BCUT2D eigenvalue weighted by Crippen LogP contribution is -2.51. The van der Waals surface area contributed by atoms with E-state index in [4.69, 9.17) is 39.3 Å². The number of halogens is 4. The van der Waals surface area contributed by atoms with E-state index in [9.17, 15) is 38.4 Å². The fourth-order valence-corrected chi connectivity index (χ4v) is 17.0. The van der Waals surface area contributed by atoms with Gasteiger partial charge in [0.2, 0.25) is 17.7 Å². The first-order valence-electron chi connectivity index (χ1n) is 42.3. The normalized spacial score (nSPS) is 17.7. The zero-order valence-electron chi connectivity index (χ0n) is 73.2. The first-order valence-corrected chi connectivity index (χ1v) is 42.3. The van der Waals surface area contributed by atoms with Crippen LogP contribution in [0.5, 0.6) is 0 Å². The molecule has 8 heterocycles. The van der Waals surface area contributed by atoms with Crippen molar-refractivity contribution in [1.29, 1.82) is 0 Å². The summed E-state index contributed by atoms with van der Waals surface area (Å²) in [6.07, 6.45) is 11.7. The van der Waals surface area contributed by atoms with Gasteiger partial charge in [-0.3, -0.25) is 19.2 Å². The number of ether oxygens (including phenoxy) is 4. The summed E-state index contributed by atoms with van der Waals surface area (Å²) in [5.74, 6) is 1.41. The van der Waals surface area contributed by atoms with E-state index in [1.807, 2.05) is 97.5 Å². The molecule has 8 aromatic carbocycles. The molecular weight excluding hydrogens is 1730 g/mol. The fourth-order valence-electron chi connectivity index (χ4n) is 17.0. The third kappa shape index (κ3) is 23.0. The molecule has 4 saturated heterocycles. The third-order valence-corrected chi connectivity index (χ3v) is 23.8. The molecule has 29 nitrogen and oxygen atoms in total. The summed E-state index contributed by atoms with van der Waals surface area (Å²) in [6.45, 7) is 11.9. The number of amides is 7. The van der Waals surface area contributed by atoms with Crippen molar-refractivity contribution >= 4 is 119 Å². The van der Waals surface area contributed by atoms with E-state index in [2.05, 4.69) is 203 Å². The predicted octanol–water partition coefficient (Wildman–Crippen LogP) is 18.7. The van der Waals surface area contributed by atoms with Gasteiger partial charge in [0.25, 0.3) is 0 Å². The maximum Gasteiger partial charge on any atom is 0.407 e. The molecule has 0 spiro atoms. The van der Waals surface area contributed by atoms with Crippen molar-refractivity contribution in [3.63, 3.8) is 0 Å². The number of fused-ring (bicyclic) bond motifs is 2. The van der Waals surface area contributed by atoms with E-state index in [1.54, 1.807) is 6.92 Å². The van der Waals surface area contributed by atoms with Crippen LogP contribution in [0.1, 0.15) is 165 Å². The minimum atomic E-state index is -1.09. The Bertz CT molecular complexity index is 5850. The number of nitrogens with one attached hydrogen (secondary N) is 9. The van der Waals surface area contributed by atoms with Gasteiger partial charge in [0.1, 0.15) is 47.5 Å². The topological polar surface area (TPSA) is 378 Å². The van der Waals surface area contributed by atoms with Gasteiger partial charge in [-0.1, -0.05) is 185 Å². The second-order valence-electron chi connectivity index (χ2n) is 32.6. The summed E-state index contributed by atoms with van der Waals surface area (Å²) in [5, 5.41) is 26.6. The van der Waals surface area contributed by atoms with Crippen molar-refractivity contribution in [1.82, 2.24) is 81.2 Å². The zero-order valence-corrected chi connectivity index (χ0v) is 76.5. The Balaban J connectivity index is 0.000000258. The number of methoxy groups -OCH3 is 4. The number of benzene rings is 8. The van der Waals surface area contributed by atoms with Gasteiger partial charge < -0.3 is 85.3 Å². The van der Waals surface area contributed by atoms with Gasteiger partial charge >= 0.3 is 30.3 Å². The van der Waals surface area contributed by atoms with Gasteiger partial charge in [-0.2, -0.15) is 0 Å². The number of carbonyl (C=O) groups is 8. The number of H-pyrrole nitrogens is 4. The molecule has 4 aromatic heterocycles. The number of carboxylic acids is 1. The van der Waals surface area contributed by atoms with Crippen LogP contribution in [0.15, 0.2) is 207 Å². The lowest BCUT2D eigenvalue weighted by Gasteiger charge is -2.32. The standard InChI is InChI=1S/C48H52N8O6.C43H45N7O3.C5H9NO4.4ClH.H2/c1-28(2)42(54-48(60)62-5)46(58)55-23-9-12-40(55)43-49-27-38(53-43)36-20-19-34-24-33(17-18-35(34)25-36)30-13-15-31(16-14-30)37-26-50-44(52-37)41-22-21-39(32-10-7-6-8-11-32)56(41)45(57)29(3)51-47(59)61-4;1-26(2)39(49-43(52)53-3)42(51)50-21-7-10-38(50)41-45-25-37(48-41)33-18-17-31-22-30(15-16-32(31)23-33)27-11-13-29(14-12-27)36-24-44-40(47-36)35-20-19-34(46-35)28-8-5-4-6-9-28;1-3(4(7)8)6-5(9)10-2;;;;;/h6-8,10-11,13-20,24-29,39-42H,9,12,21-23H2,1-5H3,(H,49,53)(H,50,52)(H,51,59)(H,54,60);4-6,8-9,11-18,22-26,34-35,38-39,46H,7,10,19-21H2,1-3H3,(H,44,47)(H,45,48)(H,49,52);3H,1-2H3,(H,6,9)(H,7,8);5*1H/t29-,39+,40-,41-,42-;34-,35+,38+,39+;3-;;;;;/m010...../s1. The number of nitrogens with zero attached hydrogens (tertiary/aromatic N) is 7. The highest BCUT2D eigenvalue weighted by Crippen LogP contribution is 2.45. The minimum absolute atomic E-state index is 0. The molecule has 7 amide bonds. The summed E-state index contributed by atoms with van der Waals surface area (Å²) in [6, 6.07) is 60.0. The molecule has 12 aromatic rings. The summed E-state index contributed by atoms with van der Waals surface area (Å²) in [5.41, 5.74) is 14.5. The van der Waals surface area contributed by atoms with Crippen molar-refractivity contribution < 1.29 is 63.8 Å². The molecule has 10 atom stereocenters. The average Bonchev–Trinajstić information content (AvgIpc) is 1.63. The van der Waals surface area contributed by atoms with E-state index in [0.29, 0.717) is 31.4 Å². The lowest BCUT2D eigenvalue weighted by molar-refractivity contribution is -0.139. The Morgan fingerprint density at radius 1 is 0.364 bits per heavy atom. The predicted molar refractivity (Wildman–Crippen MR) is 506 cm³/mol. The van der Waals surface area contributed by atoms with Gasteiger partial charge in [-0.25, -0.2) is 39.1 Å². The molecule has 4 fully saturated rings. The largest absolute Gasteiger partial charge is 0.480 e. The van der Waals surface area contributed by atoms with Crippen molar-refractivity contribution in [3.05, 3.63) is 241 Å². The first kappa shape index (κ1) is 98.4. The maximum atomic E-state index is 13.9. The van der Waals surface area contributed by atoms with Crippen LogP contribution in [-0.2, 0) is 38.1 Å². The van der Waals surface area contributed by atoms with E-state index < -0.39 is 54.5 Å². The Kier molecular flexibility index (Phi) is 34.1. The summed E-state index contributed by atoms with van der Waals surface area (Å²) in [4.78, 5) is 136. The van der Waals surface area contributed by atoms with Crippen LogP contribution in [0.3, 0.4) is 0 Å². The van der Waals surface area contributed by atoms with Crippen molar-refractivity contribution in [2.75, 3.05) is 41.5 Å². The number of carbonyl (C=O) groups excluding carboxylic acids is 7. The van der Waals surface area contributed by atoms with Gasteiger partial charge in [0, 0.05) is 31.7 Å². The van der Waals surface area contributed by atoms with Crippen LogP contribution in [-0.4, -0.2) is 173 Å². The summed E-state index contributed by atoms with van der Waals surface area (Å²) < 4.78 is 18.5. The number of aliphatic carboxylic acids is 1. The van der Waals surface area contributed by atoms with Crippen LogP contribution < -0.4 is 26.6 Å². The van der Waals surface area contributed by atoms with Gasteiger partial charge in [-0.05, 0) is 167 Å². The second-order valence-corrected chi connectivity index (χ2v) is 32.6. The molecular formula is C96H112Cl4N16O13. The van der Waals surface area contributed by atoms with Crippen LogP contribution in [0.25, 0.3) is 88.8 Å². The zero-order chi connectivity index (χ0) is 88.1. The number of aromatic amines is 4. The molecule has 682 valence electrons. The molecule has 0 saturated carbocycles. The Morgan fingerprint density at radius 3 is 1.11 bits per heavy atom. The highest BCUT2D eigenvalue weighted by molar-refractivity contribution is 5.94. The van der Waals surface area contributed by atoms with Crippen molar-refractivity contribution in [2.24, 2.45) is 11.8 Å². The van der Waals surface area contributed by atoms with Crippen molar-refractivity contribution in [2.45, 2.75) is 153 Å². The van der Waals surface area contributed by atoms with Crippen LogP contribution >= 0.6 is 49.6 Å². The van der Waals surface area contributed by atoms with Gasteiger partial charge in [-0.15, -0.1) is 49.6 Å². The molecule has 0 unspecified atom stereocenters. The Morgan fingerprint density at radius 2 is 0.698 bits per heavy atom. The van der Waals surface area contributed by atoms with Crippen LogP contribution in [0.2, 0.25) is 0 Å². The first-order chi connectivity index (χ1) is 60.4. The average molecular weight is 1840 g/mol. The number of rotatable bonds is 22. The lowest BCUT2D eigenvalue weighted by atomic mass is 9.98. The SMILES string of the molecule is COC(=O)N[C@@H](C)C(=O)N1[C@@H](c2ccccc2)CC[C@H]1c1ncc(-c2ccc(-c3ccc4cc(-c5cnc([C@@H]6CCCN6C(=O)[C@@H](NC(=O)OC)C(C)C)[nH]5)ccc4c3)cc2)[nH]1.COC(=O)N[C@@H](C)C(=O)O.COC(=O)N[C@H](C(=O)N1CCC[C@H]1c1ncc(-c2ccc3cc(-c4ccc(-c5cnc([C@@H]6CC[C@H](c7ccccc7)N6)[nH]5)cc4)ccc3c2)[nH]1)C(C)C.Cl.Cl.Cl.Cl.[HH]. The molecule has 16 rings (SSSR count). The van der Waals surface area contributed by atoms with E-state index in [0.717, 1.165) is 157 Å². The number of alkyl carbamates (subject to hydrolysis) is 4. The molecule has 0 bridgehead atoms. The monoisotopic (exact) mass is 1840 g/mol. The summed E-state index contributed by atoms with van der Waals surface area (Å²) >= 11 is 0. The number of carboxylic acid groups (broad SMARTS) is 1. The number of hydrogen-bond acceptors (Lipinski definition) is 17. The molecule has 0 radical (unpaired) electrons. The minimum Gasteiger partial charge on any atom is -0.480 e. The fraction of sp³-hybridized carbons (Fsp3) is 0.333. The number of imidazole rings is 4. The molecule has 0 aliphatic carbocycles. The van der Waals surface area contributed by atoms with Crippen LogP contribution in [0, 0.1) is 11.8 Å². The van der Waals surface area contributed by atoms with E-state index in [1.165, 1.54) is 40.9 Å². The molecule has 10 N–H and O–H groups in total. The highest BCUT2D eigenvalue weighted by Gasteiger charge is 2.43. The number of likely N-dealkylation sites (tertiary alicyclic amines) is 3. The molecule has 33 heteroatoms. The van der Waals surface area contributed by atoms with E-state index in [-0.39, 0.29) is 111 Å². The third-order valence-electron chi connectivity index (χ3n) is 23.8. The Labute approximate surface area is 774 Å². The van der Waals surface area contributed by atoms with Crippen molar-refractivity contribution in [3.8, 4) is 67.3 Å². The summed E-state index contributed by atoms with van der Waals surface area (Å²) in [7, 11) is 5.05.